The van der Waals surface area contributed by atoms with Gasteiger partial charge in [-0.2, -0.15) is 0 Å². The molecule has 0 radical (unpaired) electrons. The third kappa shape index (κ3) is 3.69. The van der Waals surface area contributed by atoms with Crippen LogP contribution >= 0.6 is 23.2 Å². The van der Waals surface area contributed by atoms with Crippen molar-refractivity contribution < 1.29 is 0 Å². The largest absolute Gasteiger partial charge is 0.382 e. The van der Waals surface area contributed by atoms with Crippen LogP contribution in [0.3, 0.4) is 0 Å². The Kier molecular flexibility index (Phi) is 4.42. The SMILES string of the molecule is CN1CCCC(CNc2cc(Cl)nnc2Cl)C1. The van der Waals surface area contributed by atoms with Crippen molar-refractivity contribution in [2.24, 2.45) is 5.92 Å². The van der Waals surface area contributed by atoms with Crippen LogP contribution in [0, 0.1) is 5.92 Å². The molecule has 2 heterocycles. The molecule has 4 nitrogen and oxygen atoms in total. The highest BCUT2D eigenvalue weighted by Crippen LogP contribution is 2.22. The molecule has 1 atom stereocenters. The van der Waals surface area contributed by atoms with Gasteiger partial charge >= 0.3 is 0 Å². The van der Waals surface area contributed by atoms with Crippen LogP contribution in [0.1, 0.15) is 12.8 Å². The van der Waals surface area contributed by atoms with Gasteiger partial charge in [0.2, 0.25) is 0 Å². The first-order valence-electron chi connectivity index (χ1n) is 5.76. The topological polar surface area (TPSA) is 41.0 Å². The fourth-order valence-corrected chi connectivity index (χ4v) is 2.48. The fourth-order valence-electron chi connectivity index (χ4n) is 2.17. The Balaban J connectivity index is 1.90. The van der Waals surface area contributed by atoms with E-state index in [-0.39, 0.29) is 0 Å². The van der Waals surface area contributed by atoms with Crippen LogP contribution in [0.2, 0.25) is 10.3 Å². The van der Waals surface area contributed by atoms with E-state index < -0.39 is 0 Å². The second-order valence-corrected chi connectivity index (χ2v) is 5.27. The second kappa shape index (κ2) is 5.85. The van der Waals surface area contributed by atoms with Gasteiger partial charge in [-0.15, -0.1) is 10.2 Å². The van der Waals surface area contributed by atoms with Crippen LogP contribution < -0.4 is 5.32 Å². The van der Waals surface area contributed by atoms with Gasteiger partial charge in [-0.1, -0.05) is 23.2 Å². The molecule has 0 saturated carbocycles. The highest BCUT2D eigenvalue weighted by atomic mass is 35.5. The fraction of sp³-hybridized carbons (Fsp3) is 0.636. The molecule has 1 aromatic heterocycles. The van der Waals surface area contributed by atoms with Crippen LogP contribution in [0.15, 0.2) is 6.07 Å². The Morgan fingerprint density at radius 2 is 2.29 bits per heavy atom. The molecule has 0 bridgehead atoms. The third-order valence-corrected chi connectivity index (χ3v) is 3.49. The number of aromatic nitrogens is 2. The summed E-state index contributed by atoms with van der Waals surface area (Å²) in [6, 6.07) is 1.71. The highest BCUT2D eigenvalue weighted by molar-refractivity contribution is 6.33. The lowest BCUT2D eigenvalue weighted by atomic mass is 9.98. The predicted molar refractivity (Wildman–Crippen MR) is 70.8 cm³/mol. The van der Waals surface area contributed by atoms with E-state index in [1.54, 1.807) is 6.07 Å². The summed E-state index contributed by atoms with van der Waals surface area (Å²) in [6.45, 7) is 3.21. The zero-order valence-electron chi connectivity index (χ0n) is 9.79. The van der Waals surface area contributed by atoms with E-state index in [9.17, 15) is 0 Å². The molecule has 0 aliphatic carbocycles. The summed E-state index contributed by atoms with van der Waals surface area (Å²) in [5, 5.41) is 11.5. The summed E-state index contributed by atoms with van der Waals surface area (Å²) < 4.78 is 0. The molecule has 0 aromatic carbocycles. The quantitative estimate of drug-likeness (QED) is 0.920. The molecule has 1 N–H and O–H groups in total. The maximum absolute atomic E-state index is 5.94. The van der Waals surface area contributed by atoms with Gasteiger partial charge < -0.3 is 10.2 Å². The number of anilines is 1. The number of piperidine rings is 1. The predicted octanol–water partition coefficient (Wildman–Crippen LogP) is 2.54. The van der Waals surface area contributed by atoms with Crippen molar-refractivity contribution in [3.05, 3.63) is 16.4 Å². The Labute approximate surface area is 111 Å². The molecule has 1 aromatic rings. The van der Waals surface area contributed by atoms with Crippen molar-refractivity contribution in [2.75, 3.05) is 32.0 Å². The lowest BCUT2D eigenvalue weighted by molar-refractivity contribution is 0.217. The van der Waals surface area contributed by atoms with Gasteiger partial charge in [-0.3, -0.25) is 0 Å². The Morgan fingerprint density at radius 1 is 1.47 bits per heavy atom. The maximum atomic E-state index is 5.94. The average Bonchev–Trinajstić information content (AvgIpc) is 2.30. The maximum Gasteiger partial charge on any atom is 0.174 e. The smallest absolute Gasteiger partial charge is 0.174 e. The van der Waals surface area contributed by atoms with E-state index in [4.69, 9.17) is 23.2 Å². The molecule has 1 fully saturated rings. The van der Waals surface area contributed by atoms with Gasteiger partial charge in [-0.05, 0) is 32.4 Å². The zero-order chi connectivity index (χ0) is 12.3. The minimum Gasteiger partial charge on any atom is -0.382 e. The van der Waals surface area contributed by atoms with Crippen LogP contribution in [-0.2, 0) is 0 Å². The minimum atomic E-state index is 0.359. The first-order chi connectivity index (χ1) is 8.15. The van der Waals surface area contributed by atoms with E-state index in [1.807, 2.05) is 0 Å². The Morgan fingerprint density at radius 3 is 3.06 bits per heavy atom. The molecule has 17 heavy (non-hydrogen) atoms. The first-order valence-corrected chi connectivity index (χ1v) is 6.52. The summed E-state index contributed by atoms with van der Waals surface area (Å²) in [4.78, 5) is 2.36. The first kappa shape index (κ1) is 12.9. The van der Waals surface area contributed by atoms with Crippen molar-refractivity contribution in [1.82, 2.24) is 15.1 Å². The van der Waals surface area contributed by atoms with Crippen LogP contribution in [0.4, 0.5) is 5.69 Å². The molecule has 1 saturated heterocycles. The van der Waals surface area contributed by atoms with Crippen molar-refractivity contribution >= 4 is 28.9 Å². The van der Waals surface area contributed by atoms with Crippen LogP contribution in [0.25, 0.3) is 0 Å². The third-order valence-electron chi connectivity index (χ3n) is 3.02. The molecule has 94 valence electrons. The lowest BCUT2D eigenvalue weighted by Crippen LogP contribution is -2.35. The summed E-state index contributed by atoms with van der Waals surface area (Å²) in [7, 11) is 2.16. The van der Waals surface area contributed by atoms with E-state index >= 15 is 0 Å². The number of likely N-dealkylation sites (tertiary alicyclic amines) is 1. The second-order valence-electron chi connectivity index (χ2n) is 4.52. The van der Waals surface area contributed by atoms with Gasteiger partial charge in [0.15, 0.2) is 10.3 Å². The Hall–Kier alpha value is -0.580. The van der Waals surface area contributed by atoms with Gasteiger partial charge in [0.1, 0.15) is 0 Å². The summed E-state index contributed by atoms with van der Waals surface area (Å²) in [5.41, 5.74) is 0.764. The van der Waals surface area contributed by atoms with E-state index in [0.29, 0.717) is 16.2 Å². The summed E-state index contributed by atoms with van der Waals surface area (Å²) >= 11 is 11.7. The monoisotopic (exact) mass is 274 g/mol. The zero-order valence-corrected chi connectivity index (χ0v) is 11.3. The number of nitrogens with zero attached hydrogens (tertiary/aromatic N) is 3. The minimum absolute atomic E-state index is 0.359. The molecular formula is C11H16Cl2N4. The van der Waals surface area contributed by atoms with Crippen molar-refractivity contribution in [3.8, 4) is 0 Å². The lowest BCUT2D eigenvalue weighted by Gasteiger charge is -2.29. The van der Waals surface area contributed by atoms with Gasteiger partial charge in [0.25, 0.3) is 0 Å². The van der Waals surface area contributed by atoms with E-state index in [0.717, 1.165) is 18.8 Å². The molecule has 0 amide bonds. The number of halogens is 2. The average molecular weight is 275 g/mol. The number of hydrogen-bond donors (Lipinski definition) is 1. The van der Waals surface area contributed by atoms with Gasteiger partial charge in [0.05, 0.1) is 5.69 Å². The molecule has 6 heteroatoms. The molecule has 1 aliphatic heterocycles. The number of hydrogen-bond acceptors (Lipinski definition) is 4. The van der Waals surface area contributed by atoms with E-state index in [2.05, 4.69) is 27.5 Å². The van der Waals surface area contributed by atoms with Gasteiger partial charge in [0, 0.05) is 19.2 Å². The number of nitrogens with one attached hydrogen (secondary N) is 1. The molecule has 1 unspecified atom stereocenters. The van der Waals surface area contributed by atoms with Crippen LogP contribution in [-0.4, -0.2) is 41.8 Å². The Bertz CT molecular complexity index is 386. The van der Waals surface area contributed by atoms with Crippen molar-refractivity contribution in [1.29, 1.82) is 0 Å². The van der Waals surface area contributed by atoms with E-state index in [1.165, 1.54) is 19.4 Å². The molecule has 2 rings (SSSR count). The number of rotatable bonds is 3. The summed E-state index contributed by atoms with van der Waals surface area (Å²) in [5.74, 6) is 0.650. The normalized spacial score (nSPS) is 21.5. The van der Waals surface area contributed by atoms with Crippen molar-refractivity contribution in [2.45, 2.75) is 12.8 Å². The molecular weight excluding hydrogens is 259 g/mol. The highest BCUT2D eigenvalue weighted by Gasteiger charge is 2.17. The van der Waals surface area contributed by atoms with Crippen LogP contribution in [0.5, 0.6) is 0 Å². The molecule has 1 aliphatic rings. The summed E-state index contributed by atoms with van der Waals surface area (Å²) in [6.07, 6.45) is 2.51. The molecule has 0 spiro atoms. The van der Waals surface area contributed by atoms with Gasteiger partial charge in [-0.25, -0.2) is 0 Å². The van der Waals surface area contributed by atoms with Crippen molar-refractivity contribution in [3.63, 3.8) is 0 Å². The standard InChI is InChI=1S/C11H16Cl2N4/c1-17-4-2-3-8(7-17)6-14-9-5-10(12)15-16-11(9)13/h5,8H,2-4,6-7H2,1H3,(H,14,15).